The van der Waals surface area contributed by atoms with E-state index in [1.165, 1.54) is 0 Å². The Hall–Kier alpha value is -1.55. The number of ether oxygens (including phenoxy) is 1. The van der Waals surface area contributed by atoms with E-state index in [2.05, 4.69) is 0 Å². The number of anilines is 1. The highest BCUT2D eigenvalue weighted by molar-refractivity contribution is 5.91. The van der Waals surface area contributed by atoms with Crippen molar-refractivity contribution in [3.8, 4) is 0 Å². The second-order valence-corrected chi connectivity index (χ2v) is 4.43. The Kier molecular flexibility index (Phi) is 3.33. The fourth-order valence-electron chi connectivity index (χ4n) is 2.27. The molecule has 1 aromatic rings. The normalized spacial score (nSPS) is 19.6. The number of carbonyl (C=O) groups is 1. The van der Waals surface area contributed by atoms with Gasteiger partial charge < -0.3 is 10.5 Å². The molecule has 2 N–H and O–H groups in total. The molecule has 1 saturated heterocycles. The monoisotopic (exact) mass is 234 g/mol. The van der Waals surface area contributed by atoms with Crippen molar-refractivity contribution in [1.29, 1.82) is 0 Å². The van der Waals surface area contributed by atoms with Crippen LogP contribution in [0, 0.1) is 13.8 Å². The molecule has 1 unspecified atom stereocenters. The first-order valence-electron chi connectivity index (χ1n) is 5.88. The first-order chi connectivity index (χ1) is 8.13. The van der Waals surface area contributed by atoms with E-state index >= 15 is 0 Å². The Balaban J connectivity index is 2.26. The van der Waals surface area contributed by atoms with Crippen LogP contribution in [0.1, 0.15) is 17.5 Å². The second-order valence-electron chi connectivity index (χ2n) is 4.43. The maximum absolute atomic E-state index is 11.8. The molecule has 0 bridgehead atoms. The van der Waals surface area contributed by atoms with Gasteiger partial charge in [0.25, 0.3) is 0 Å². The van der Waals surface area contributed by atoms with Crippen LogP contribution in [0.15, 0.2) is 18.2 Å². The Morgan fingerprint density at radius 2 is 2.06 bits per heavy atom. The van der Waals surface area contributed by atoms with Gasteiger partial charge in [-0.05, 0) is 37.9 Å². The van der Waals surface area contributed by atoms with Gasteiger partial charge in [-0.3, -0.25) is 4.90 Å². The Morgan fingerprint density at radius 1 is 1.41 bits per heavy atom. The molecule has 0 aromatic heterocycles. The highest BCUT2D eigenvalue weighted by Gasteiger charge is 2.33. The van der Waals surface area contributed by atoms with Crippen LogP contribution in [0.25, 0.3) is 0 Å². The van der Waals surface area contributed by atoms with Gasteiger partial charge in [-0.15, -0.1) is 0 Å². The quantitative estimate of drug-likeness (QED) is 0.870. The summed E-state index contributed by atoms with van der Waals surface area (Å²) >= 11 is 0. The number of aryl methyl sites for hydroxylation is 2. The van der Waals surface area contributed by atoms with Crippen LogP contribution >= 0.6 is 0 Å². The molecule has 4 nitrogen and oxygen atoms in total. The summed E-state index contributed by atoms with van der Waals surface area (Å²) in [6.45, 7) is 5.15. The summed E-state index contributed by atoms with van der Waals surface area (Å²) in [5.41, 5.74) is 8.64. The average Bonchev–Trinajstić information content (AvgIpc) is 2.60. The van der Waals surface area contributed by atoms with Crippen molar-refractivity contribution < 1.29 is 9.53 Å². The summed E-state index contributed by atoms with van der Waals surface area (Å²) in [7, 11) is 0. The predicted octanol–water partition coefficient (Wildman–Crippen LogP) is 1.98. The van der Waals surface area contributed by atoms with Crippen molar-refractivity contribution in [2.45, 2.75) is 26.4 Å². The molecule has 0 aliphatic carbocycles. The zero-order valence-electron chi connectivity index (χ0n) is 10.3. The summed E-state index contributed by atoms with van der Waals surface area (Å²) in [6, 6.07) is 6.00. The number of carbonyl (C=O) groups excluding carboxylic acids is 1. The lowest BCUT2D eigenvalue weighted by Gasteiger charge is -2.18. The van der Waals surface area contributed by atoms with E-state index in [0.717, 1.165) is 16.8 Å². The first-order valence-corrected chi connectivity index (χ1v) is 5.88. The van der Waals surface area contributed by atoms with Gasteiger partial charge in [0.1, 0.15) is 6.10 Å². The third-order valence-electron chi connectivity index (χ3n) is 3.07. The molecule has 0 spiro atoms. The Labute approximate surface area is 101 Å². The van der Waals surface area contributed by atoms with Gasteiger partial charge in [0.15, 0.2) is 0 Å². The van der Waals surface area contributed by atoms with Crippen molar-refractivity contribution in [3.63, 3.8) is 0 Å². The van der Waals surface area contributed by atoms with Gasteiger partial charge in [0, 0.05) is 0 Å². The highest BCUT2D eigenvalue weighted by atomic mass is 16.6. The van der Waals surface area contributed by atoms with Crippen molar-refractivity contribution in [2.75, 3.05) is 18.0 Å². The van der Waals surface area contributed by atoms with Crippen molar-refractivity contribution >= 4 is 11.8 Å². The van der Waals surface area contributed by atoms with Gasteiger partial charge in [-0.2, -0.15) is 0 Å². The molecule has 1 aliphatic heterocycles. The van der Waals surface area contributed by atoms with Gasteiger partial charge in [0.2, 0.25) is 0 Å². The molecule has 0 radical (unpaired) electrons. The number of rotatable bonds is 3. The summed E-state index contributed by atoms with van der Waals surface area (Å²) in [4.78, 5) is 13.5. The van der Waals surface area contributed by atoms with Crippen molar-refractivity contribution in [2.24, 2.45) is 5.73 Å². The minimum Gasteiger partial charge on any atom is -0.444 e. The molecule has 1 aliphatic rings. The largest absolute Gasteiger partial charge is 0.444 e. The SMILES string of the molecule is Cc1cccc(C)c1N1CC(CCN)OC1=O. The fourth-order valence-corrected chi connectivity index (χ4v) is 2.27. The van der Waals surface area contributed by atoms with Gasteiger partial charge in [-0.25, -0.2) is 4.79 Å². The smallest absolute Gasteiger partial charge is 0.414 e. The summed E-state index contributed by atoms with van der Waals surface area (Å²) in [5, 5.41) is 0. The Morgan fingerprint density at radius 3 is 2.65 bits per heavy atom. The maximum atomic E-state index is 11.8. The zero-order valence-corrected chi connectivity index (χ0v) is 10.3. The molecule has 1 heterocycles. The van der Waals surface area contributed by atoms with E-state index in [1.807, 2.05) is 32.0 Å². The molecule has 1 fully saturated rings. The van der Waals surface area contributed by atoms with Crippen LogP contribution in [0.5, 0.6) is 0 Å². The second kappa shape index (κ2) is 4.75. The number of para-hydroxylation sites is 1. The molecule has 2 rings (SSSR count). The van der Waals surface area contributed by atoms with Crippen LogP contribution < -0.4 is 10.6 Å². The molecule has 0 saturated carbocycles. The van der Waals surface area contributed by atoms with Crippen molar-refractivity contribution in [1.82, 2.24) is 0 Å². The number of hydrogen-bond donors (Lipinski definition) is 1. The van der Waals surface area contributed by atoms with E-state index in [1.54, 1.807) is 4.90 Å². The molecule has 4 heteroatoms. The van der Waals surface area contributed by atoms with Crippen LogP contribution in [0.4, 0.5) is 10.5 Å². The minimum atomic E-state index is -0.263. The Bertz CT molecular complexity index is 411. The van der Waals surface area contributed by atoms with E-state index in [9.17, 15) is 4.79 Å². The van der Waals surface area contributed by atoms with Crippen molar-refractivity contribution in [3.05, 3.63) is 29.3 Å². The van der Waals surface area contributed by atoms with Crippen LogP contribution in [-0.4, -0.2) is 25.3 Å². The van der Waals surface area contributed by atoms with Crippen LogP contribution in [0.2, 0.25) is 0 Å². The van der Waals surface area contributed by atoms with Crippen LogP contribution in [-0.2, 0) is 4.74 Å². The number of nitrogens with zero attached hydrogens (tertiary/aromatic N) is 1. The number of hydrogen-bond acceptors (Lipinski definition) is 3. The number of nitrogens with two attached hydrogens (primary N) is 1. The van der Waals surface area contributed by atoms with Gasteiger partial charge in [-0.1, -0.05) is 18.2 Å². The molecular formula is C13H18N2O2. The van der Waals surface area contributed by atoms with E-state index in [-0.39, 0.29) is 12.2 Å². The zero-order chi connectivity index (χ0) is 12.4. The molecule has 1 amide bonds. The maximum Gasteiger partial charge on any atom is 0.414 e. The lowest BCUT2D eigenvalue weighted by atomic mass is 10.1. The fraction of sp³-hybridized carbons (Fsp3) is 0.462. The standard InChI is InChI=1S/C13H18N2O2/c1-9-4-3-5-10(2)12(9)15-8-11(6-7-14)17-13(15)16/h3-5,11H,6-8,14H2,1-2H3. The van der Waals surface area contributed by atoms with E-state index in [4.69, 9.17) is 10.5 Å². The van der Waals surface area contributed by atoms with E-state index in [0.29, 0.717) is 19.5 Å². The summed E-state index contributed by atoms with van der Waals surface area (Å²) < 4.78 is 5.29. The third kappa shape index (κ3) is 2.26. The molecule has 1 atom stereocenters. The molecular weight excluding hydrogens is 216 g/mol. The van der Waals surface area contributed by atoms with Crippen LogP contribution in [0.3, 0.4) is 0 Å². The average molecular weight is 234 g/mol. The lowest BCUT2D eigenvalue weighted by Crippen LogP contribution is -2.26. The van der Waals surface area contributed by atoms with Gasteiger partial charge >= 0.3 is 6.09 Å². The number of benzene rings is 1. The van der Waals surface area contributed by atoms with E-state index < -0.39 is 0 Å². The summed E-state index contributed by atoms with van der Waals surface area (Å²) in [5.74, 6) is 0. The third-order valence-corrected chi connectivity index (χ3v) is 3.07. The first kappa shape index (κ1) is 11.9. The number of cyclic esters (lactones) is 1. The molecule has 17 heavy (non-hydrogen) atoms. The number of amides is 1. The minimum absolute atomic E-state index is 0.0773. The lowest BCUT2D eigenvalue weighted by molar-refractivity contribution is 0.138. The molecule has 92 valence electrons. The summed E-state index contributed by atoms with van der Waals surface area (Å²) in [6.07, 6.45) is 0.375. The highest BCUT2D eigenvalue weighted by Crippen LogP contribution is 2.29. The predicted molar refractivity (Wildman–Crippen MR) is 67.2 cm³/mol. The molecule has 1 aromatic carbocycles. The topological polar surface area (TPSA) is 55.6 Å². The van der Waals surface area contributed by atoms with Gasteiger partial charge in [0.05, 0.1) is 12.2 Å².